The molecule has 6 unspecified atom stereocenters. The van der Waals surface area contributed by atoms with Gasteiger partial charge in [-0.25, -0.2) is 9.78 Å². The molecular weight excluding hydrogens is 610 g/mol. The van der Waals surface area contributed by atoms with Gasteiger partial charge in [-0.15, -0.1) is 0 Å². The van der Waals surface area contributed by atoms with Crippen molar-refractivity contribution in [2.45, 2.75) is 6.42 Å². The average Bonchev–Trinajstić information content (AvgIpc) is 3.85. The number of benzene rings is 3. The molecule has 11 heteroatoms. The van der Waals surface area contributed by atoms with Gasteiger partial charge in [-0.3, -0.25) is 29.4 Å². The number of nitro groups is 1. The van der Waals surface area contributed by atoms with Crippen LogP contribution in [0.3, 0.4) is 0 Å². The summed E-state index contributed by atoms with van der Waals surface area (Å²) in [6.07, 6.45) is 5.38. The molecule has 4 aromatic rings. The van der Waals surface area contributed by atoms with E-state index in [2.05, 4.69) is 12.2 Å². The summed E-state index contributed by atoms with van der Waals surface area (Å²) >= 11 is 6.23. The molecule has 228 valence electrons. The predicted molar refractivity (Wildman–Crippen MR) is 167 cm³/mol. The minimum atomic E-state index is -0.802. The van der Waals surface area contributed by atoms with Gasteiger partial charge < -0.3 is 4.74 Å². The summed E-state index contributed by atoms with van der Waals surface area (Å²) in [6.45, 7) is -0.632. The molecular formula is C35H24ClN3O7. The first-order chi connectivity index (χ1) is 22.2. The third kappa shape index (κ3) is 4.43. The van der Waals surface area contributed by atoms with Crippen LogP contribution in [0, 0.1) is 45.6 Å². The zero-order valence-corrected chi connectivity index (χ0v) is 24.8. The number of pyridine rings is 1. The highest BCUT2D eigenvalue weighted by atomic mass is 35.5. The summed E-state index contributed by atoms with van der Waals surface area (Å²) in [4.78, 5) is 69.6. The number of allylic oxidation sites excluding steroid dienone is 2. The van der Waals surface area contributed by atoms with E-state index in [1.165, 1.54) is 29.2 Å². The molecule has 1 aromatic heterocycles. The Balaban J connectivity index is 1.06. The second-order valence-electron chi connectivity index (χ2n) is 12.2. The third-order valence-electron chi connectivity index (χ3n) is 9.79. The molecule has 46 heavy (non-hydrogen) atoms. The molecule has 2 saturated carbocycles. The maximum atomic E-state index is 13.5. The second kappa shape index (κ2) is 10.4. The van der Waals surface area contributed by atoms with E-state index >= 15 is 0 Å². The summed E-state index contributed by atoms with van der Waals surface area (Å²) < 4.78 is 5.36. The number of ether oxygens (including phenoxy) is 1. The number of anilines is 1. The SMILES string of the molecule is O=C(COC(=O)c1cc(-c2ccc(N3C(=O)C4C5C=CC(C6CC56)C4C3=O)cc2)nc2ccc(Cl)cc12)c1cccc([N+](=O)[O-])c1. The van der Waals surface area contributed by atoms with Gasteiger partial charge in [0, 0.05) is 33.7 Å². The summed E-state index contributed by atoms with van der Waals surface area (Å²) in [7, 11) is 0. The van der Waals surface area contributed by atoms with Gasteiger partial charge in [0.1, 0.15) is 0 Å². The number of rotatable bonds is 7. The summed E-state index contributed by atoms with van der Waals surface area (Å²) in [5.74, 6) is -0.970. The van der Waals surface area contributed by atoms with Crippen molar-refractivity contribution in [3.05, 3.63) is 111 Å². The molecule has 4 aliphatic carbocycles. The number of imide groups is 1. The van der Waals surface area contributed by atoms with E-state index < -0.39 is 23.3 Å². The molecule has 2 bridgehead atoms. The zero-order valence-electron chi connectivity index (χ0n) is 24.0. The average molecular weight is 634 g/mol. The number of amides is 2. The topological polar surface area (TPSA) is 137 Å². The number of hydrogen-bond acceptors (Lipinski definition) is 8. The number of non-ortho nitro benzene ring substituents is 1. The Morgan fingerprint density at radius 2 is 1.63 bits per heavy atom. The summed E-state index contributed by atoms with van der Waals surface area (Å²) in [6, 6.07) is 18.5. The molecule has 2 heterocycles. The zero-order chi connectivity index (χ0) is 31.9. The summed E-state index contributed by atoms with van der Waals surface area (Å²) in [5.41, 5.74) is 1.91. The normalized spacial score (nSPS) is 25.4. The fraction of sp³-hybridized carbons (Fsp3) is 0.229. The van der Waals surface area contributed by atoms with E-state index in [1.54, 1.807) is 42.5 Å². The highest BCUT2D eigenvalue weighted by molar-refractivity contribution is 6.31. The lowest BCUT2D eigenvalue weighted by Gasteiger charge is -2.37. The largest absolute Gasteiger partial charge is 0.454 e. The van der Waals surface area contributed by atoms with Crippen LogP contribution in [0.2, 0.25) is 5.02 Å². The van der Waals surface area contributed by atoms with Crippen LogP contribution in [-0.4, -0.2) is 40.1 Å². The Kier molecular flexibility index (Phi) is 6.40. The molecule has 3 aromatic carbocycles. The van der Waals surface area contributed by atoms with Crippen LogP contribution in [-0.2, 0) is 14.3 Å². The molecule has 9 rings (SSSR count). The number of carbonyl (C=O) groups excluding carboxylic acids is 4. The number of nitro benzene ring substituents is 1. The number of ketones is 1. The second-order valence-corrected chi connectivity index (χ2v) is 12.7. The predicted octanol–water partition coefficient (Wildman–Crippen LogP) is 6.06. The smallest absolute Gasteiger partial charge is 0.339 e. The number of hydrogen-bond donors (Lipinski definition) is 0. The van der Waals surface area contributed by atoms with Crippen LogP contribution in [0.25, 0.3) is 22.2 Å². The standard InChI is InChI=1S/C35H24ClN3O7/c36-19-6-11-28-26(13-19)27(35(43)46-16-30(40)18-2-1-3-21(12-18)39(44)45)15-29(37-28)17-4-7-20(8-5-17)38-33(41)31-22-9-10-23(25-14-24(22)25)32(31)34(38)42/h1-13,15,22-25,31-32H,14,16H2. The highest BCUT2D eigenvalue weighted by Gasteiger charge is 2.67. The fourth-order valence-electron chi connectivity index (χ4n) is 7.59. The molecule has 3 fully saturated rings. The fourth-order valence-corrected chi connectivity index (χ4v) is 7.76. The van der Waals surface area contributed by atoms with Crippen molar-refractivity contribution in [1.29, 1.82) is 0 Å². The van der Waals surface area contributed by atoms with Gasteiger partial charge in [-0.2, -0.15) is 0 Å². The van der Waals surface area contributed by atoms with Crippen LogP contribution in [0.5, 0.6) is 0 Å². The Hall–Kier alpha value is -5.22. The molecule has 5 aliphatic rings. The molecule has 1 saturated heterocycles. The van der Waals surface area contributed by atoms with Gasteiger partial charge in [0.05, 0.1) is 39.2 Å². The van der Waals surface area contributed by atoms with Gasteiger partial charge in [0.2, 0.25) is 17.6 Å². The van der Waals surface area contributed by atoms with E-state index in [-0.39, 0.29) is 52.3 Å². The Bertz CT molecular complexity index is 2020. The van der Waals surface area contributed by atoms with Gasteiger partial charge in [0.25, 0.3) is 5.69 Å². The van der Waals surface area contributed by atoms with Gasteiger partial charge in [-0.1, -0.05) is 48.0 Å². The minimum Gasteiger partial charge on any atom is -0.454 e. The van der Waals surface area contributed by atoms with Crippen molar-refractivity contribution in [3.63, 3.8) is 0 Å². The number of carbonyl (C=O) groups is 4. The molecule has 0 N–H and O–H groups in total. The molecule has 6 atom stereocenters. The monoisotopic (exact) mass is 633 g/mol. The van der Waals surface area contributed by atoms with Crippen molar-refractivity contribution in [3.8, 4) is 11.3 Å². The lowest BCUT2D eigenvalue weighted by Crippen LogP contribution is -2.40. The van der Waals surface area contributed by atoms with E-state index in [9.17, 15) is 29.3 Å². The van der Waals surface area contributed by atoms with E-state index in [0.29, 0.717) is 44.7 Å². The Morgan fingerprint density at radius 3 is 2.30 bits per heavy atom. The van der Waals surface area contributed by atoms with E-state index in [0.717, 1.165) is 12.5 Å². The van der Waals surface area contributed by atoms with Crippen LogP contribution in [0.15, 0.2) is 84.9 Å². The van der Waals surface area contributed by atoms with Crippen molar-refractivity contribution in [1.82, 2.24) is 4.98 Å². The maximum absolute atomic E-state index is 13.5. The maximum Gasteiger partial charge on any atom is 0.339 e. The first-order valence-corrected chi connectivity index (χ1v) is 15.3. The van der Waals surface area contributed by atoms with Gasteiger partial charge >= 0.3 is 5.97 Å². The van der Waals surface area contributed by atoms with Crippen molar-refractivity contribution in [2.75, 3.05) is 11.5 Å². The molecule has 0 spiro atoms. The molecule has 2 amide bonds. The van der Waals surface area contributed by atoms with E-state index in [4.69, 9.17) is 21.3 Å². The quantitative estimate of drug-likeness (QED) is 0.0598. The number of esters is 1. The number of nitrogens with zero attached hydrogens (tertiary/aromatic N) is 3. The number of aromatic nitrogens is 1. The lowest BCUT2D eigenvalue weighted by molar-refractivity contribution is -0.384. The third-order valence-corrected chi connectivity index (χ3v) is 10.0. The van der Waals surface area contributed by atoms with E-state index in [1.807, 2.05) is 0 Å². The van der Waals surface area contributed by atoms with Crippen LogP contribution < -0.4 is 4.90 Å². The van der Waals surface area contributed by atoms with Crippen LogP contribution >= 0.6 is 11.6 Å². The Labute approximate surface area is 266 Å². The minimum absolute atomic E-state index is 0.0420. The first kappa shape index (κ1) is 28.3. The van der Waals surface area contributed by atoms with Crippen molar-refractivity contribution in [2.24, 2.45) is 35.5 Å². The number of Topliss-reactive ketones (excluding diaryl/α,β-unsaturated/α-hetero) is 1. The lowest BCUT2D eigenvalue weighted by atomic mass is 9.63. The highest BCUT2D eigenvalue weighted by Crippen LogP contribution is 2.65. The van der Waals surface area contributed by atoms with Crippen LogP contribution in [0.1, 0.15) is 27.1 Å². The van der Waals surface area contributed by atoms with Gasteiger partial charge in [0.15, 0.2) is 6.61 Å². The van der Waals surface area contributed by atoms with Crippen molar-refractivity contribution < 1.29 is 28.8 Å². The molecule has 0 radical (unpaired) electrons. The molecule has 10 nitrogen and oxygen atoms in total. The number of fused-ring (bicyclic) bond motifs is 1. The van der Waals surface area contributed by atoms with Crippen molar-refractivity contribution >= 4 is 57.4 Å². The number of halogens is 1. The Morgan fingerprint density at radius 1 is 0.935 bits per heavy atom. The summed E-state index contributed by atoms with van der Waals surface area (Å²) in [5, 5.41) is 11.9. The van der Waals surface area contributed by atoms with Gasteiger partial charge in [-0.05, 0) is 66.5 Å². The van der Waals surface area contributed by atoms with Crippen LogP contribution in [0.4, 0.5) is 11.4 Å². The first-order valence-electron chi connectivity index (χ1n) is 14.9. The molecule has 1 aliphatic heterocycles.